The van der Waals surface area contributed by atoms with E-state index in [1.165, 1.54) is 0 Å². The highest BCUT2D eigenvalue weighted by molar-refractivity contribution is 9.10. The number of anilines is 1. The minimum Gasteiger partial charge on any atom is -0.480 e. The number of ether oxygens (including phenoxy) is 1. The van der Waals surface area contributed by atoms with Crippen LogP contribution in [0.1, 0.15) is 13.8 Å². The van der Waals surface area contributed by atoms with Gasteiger partial charge in [-0.1, -0.05) is 6.08 Å². The summed E-state index contributed by atoms with van der Waals surface area (Å²) in [6.07, 6.45) is 3.53. The van der Waals surface area contributed by atoms with Crippen LogP contribution in [0.4, 0.5) is 5.95 Å². The molecule has 0 aromatic carbocycles. The largest absolute Gasteiger partial charge is 0.480 e. The highest BCUT2D eigenvalue weighted by Gasteiger charge is 2.14. The standard InChI is InChI=1S/C11H16BrN3O/c1-5-6-15(8(2)3)11-13-7-9(12)10(14-11)16-4/h5,7-8H,1,6H2,2-4H3. The second kappa shape index (κ2) is 5.84. The Morgan fingerprint density at radius 1 is 1.62 bits per heavy atom. The summed E-state index contributed by atoms with van der Waals surface area (Å²) in [6.45, 7) is 8.61. The average Bonchev–Trinajstić information content (AvgIpc) is 2.26. The fourth-order valence-electron chi connectivity index (χ4n) is 1.29. The molecule has 16 heavy (non-hydrogen) atoms. The van der Waals surface area contributed by atoms with Crippen LogP contribution in [0.2, 0.25) is 0 Å². The molecule has 0 unspecified atom stereocenters. The van der Waals surface area contributed by atoms with Crippen LogP contribution >= 0.6 is 15.9 Å². The molecule has 0 aliphatic heterocycles. The molecule has 0 spiro atoms. The molecule has 1 aromatic heterocycles. The maximum atomic E-state index is 5.14. The molecule has 0 fully saturated rings. The first-order chi connectivity index (χ1) is 7.60. The van der Waals surface area contributed by atoms with Gasteiger partial charge in [0.2, 0.25) is 11.8 Å². The van der Waals surface area contributed by atoms with Crippen LogP contribution in [0.15, 0.2) is 23.3 Å². The molecule has 0 amide bonds. The molecule has 0 saturated heterocycles. The fourth-order valence-corrected chi connectivity index (χ4v) is 1.64. The normalized spacial score (nSPS) is 10.3. The second-order valence-electron chi connectivity index (χ2n) is 3.56. The molecule has 1 rings (SSSR count). The van der Waals surface area contributed by atoms with Gasteiger partial charge in [-0.2, -0.15) is 4.98 Å². The summed E-state index contributed by atoms with van der Waals surface area (Å²) < 4.78 is 5.89. The predicted octanol–water partition coefficient (Wildman–Crippen LogP) is 2.65. The number of hydrogen-bond acceptors (Lipinski definition) is 4. The van der Waals surface area contributed by atoms with Crippen LogP contribution in [-0.4, -0.2) is 29.7 Å². The van der Waals surface area contributed by atoms with E-state index in [-0.39, 0.29) is 0 Å². The lowest BCUT2D eigenvalue weighted by atomic mass is 10.3. The molecular formula is C11H16BrN3O. The van der Waals surface area contributed by atoms with Gasteiger partial charge in [0.25, 0.3) is 0 Å². The van der Waals surface area contributed by atoms with Gasteiger partial charge in [0, 0.05) is 12.6 Å². The summed E-state index contributed by atoms with van der Waals surface area (Å²) in [7, 11) is 1.59. The molecular weight excluding hydrogens is 270 g/mol. The number of methoxy groups -OCH3 is 1. The van der Waals surface area contributed by atoms with E-state index in [2.05, 4.69) is 46.3 Å². The Labute approximate surface area is 104 Å². The van der Waals surface area contributed by atoms with Crippen molar-refractivity contribution in [3.05, 3.63) is 23.3 Å². The van der Waals surface area contributed by atoms with E-state index in [1.807, 2.05) is 11.0 Å². The Hall–Kier alpha value is -1.10. The maximum absolute atomic E-state index is 5.14. The minimum absolute atomic E-state index is 0.309. The average molecular weight is 286 g/mol. The van der Waals surface area contributed by atoms with Crippen LogP contribution in [0, 0.1) is 0 Å². The number of hydrogen-bond donors (Lipinski definition) is 0. The zero-order valence-corrected chi connectivity index (χ0v) is 11.4. The molecule has 0 saturated carbocycles. The van der Waals surface area contributed by atoms with Gasteiger partial charge in [-0.15, -0.1) is 6.58 Å². The highest BCUT2D eigenvalue weighted by atomic mass is 79.9. The van der Waals surface area contributed by atoms with Crippen molar-refractivity contribution in [3.63, 3.8) is 0 Å². The third kappa shape index (κ3) is 2.95. The maximum Gasteiger partial charge on any atom is 0.232 e. The molecule has 1 heterocycles. The van der Waals surface area contributed by atoms with E-state index in [9.17, 15) is 0 Å². The lowest BCUT2D eigenvalue weighted by Crippen LogP contribution is -2.32. The van der Waals surface area contributed by atoms with Gasteiger partial charge in [-0.25, -0.2) is 4.98 Å². The Bertz CT molecular complexity index is 368. The summed E-state index contributed by atoms with van der Waals surface area (Å²) in [5.41, 5.74) is 0. The SMILES string of the molecule is C=CCN(c1ncc(Br)c(OC)n1)C(C)C. The first-order valence-corrected chi connectivity index (χ1v) is 5.83. The van der Waals surface area contributed by atoms with Gasteiger partial charge < -0.3 is 9.64 Å². The highest BCUT2D eigenvalue weighted by Crippen LogP contribution is 2.24. The van der Waals surface area contributed by atoms with Gasteiger partial charge in [-0.3, -0.25) is 0 Å². The van der Waals surface area contributed by atoms with Gasteiger partial charge in [0.1, 0.15) is 0 Å². The van der Waals surface area contributed by atoms with Crippen LogP contribution < -0.4 is 9.64 Å². The quantitative estimate of drug-likeness (QED) is 0.780. The lowest BCUT2D eigenvalue weighted by molar-refractivity contribution is 0.393. The van der Waals surface area contributed by atoms with Crippen molar-refractivity contribution in [2.45, 2.75) is 19.9 Å². The number of halogens is 1. The van der Waals surface area contributed by atoms with Crippen LogP contribution in [0.3, 0.4) is 0 Å². The zero-order valence-electron chi connectivity index (χ0n) is 9.77. The fraction of sp³-hybridized carbons (Fsp3) is 0.455. The summed E-state index contributed by atoms with van der Waals surface area (Å²) in [4.78, 5) is 10.6. The summed E-state index contributed by atoms with van der Waals surface area (Å²) >= 11 is 3.33. The van der Waals surface area contributed by atoms with Crippen molar-refractivity contribution < 1.29 is 4.74 Å². The first-order valence-electron chi connectivity index (χ1n) is 5.04. The van der Waals surface area contributed by atoms with Crippen molar-refractivity contribution in [1.29, 1.82) is 0 Å². The Kier molecular flexibility index (Phi) is 4.73. The van der Waals surface area contributed by atoms with E-state index >= 15 is 0 Å². The Balaban J connectivity index is 3.04. The Morgan fingerprint density at radius 3 is 2.81 bits per heavy atom. The molecule has 4 nitrogen and oxygen atoms in total. The van der Waals surface area contributed by atoms with Gasteiger partial charge in [0.15, 0.2) is 0 Å². The summed E-state index contributed by atoms with van der Waals surface area (Å²) in [6, 6.07) is 0.309. The molecule has 0 atom stereocenters. The van der Waals surface area contributed by atoms with Crippen molar-refractivity contribution in [2.24, 2.45) is 0 Å². The summed E-state index contributed by atoms with van der Waals surface area (Å²) in [5.74, 6) is 1.19. The topological polar surface area (TPSA) is 38.2 Å². The smallest absolute Gasteiger partial charge is 0.232 e. The molecule has 0 aliphatic carbocycles. The van der Waals surface area contributed by atoms with Crippen LogP contribution in [0.5, 0.6) is 5.88 Å². The molecule has 0 radical (unpaired) electrons. The number of rotatable bonds is 5. The van der Waals surface area contributed by atoms with E-state index in [1.54, 1.807) is 13.3 Å². The molecule has 5 heteroatoms. The van der Waals surface area contributed by atoms with Gasteiger partial charge >= 0.3 is 0 Å². The Morgan fingerprint density at radius 2 is 2.31 bits per heavy atom. The van der Waals surface area contributed by atoms with E-state index in [4.69, 9.17) is 4.74 Å². The third-order valence-corrected chi connectivity index (χ3v) is 2.64. The molecule has 1 aromatic rings. The van der Waals surface area contributed by atoms with Crippen molar-refractivity contribution in [2.75, 3.05) is 18.6 Å². The number of aromatic nitrogens is 2. The molecule has 0 N–H and O–H groups in total. The van der Waals surface area contributed by atoms with Crippen LogP contribution in [0.25, 0.3) is 0 Å². The van der Waals surface area contributed by atoms with E-state index in [0.717, 1.165) is 4.47 Å². The predicted molar refractivity (Wildman–Crippen MR) is 69.0 cm³/mol. The minimum atomic E-state index is 0.309. The van der Waals surface area contributed by atoms with Crippen molar-refractivity contribution in [3.8, 4) is 5.88 Å². The molecule has 88 valence electrons. The zero-order chi connectivity index (χ0) is 12.1. The van der Waals surface area contributed by atoms with Crippen LogP contribution in [-0.2, 0) is 0 Å². The van der Waals surface area contributed by atoms with E-state index < -0.39 is 0 Å². The molecule has 0 bridgehead atoms. The first kappa shape index (κ1) is 13.0. The molecule has 0 aliphatic rings. The van der Waals surface area contributed by atoms with E-state index in [0.29, 0.717) is 24.4 Å². The van der Waals surface area contributed by atoms with Crippen molar-refractivity contribution in [1.82, 2.24) is 9.97 Å². The summed E-state index contributed by atoms with van der Waals surface area (Å²) in [5, 5.41) is 0. The number of nitrogens with zero attached hydrogens (tertiary/aromatic N) is 3. The monoisotopic (exact) mass is 285 g/mol. The third-order valence-electron chi connectivity index (χ3n) is 2.10. The second-order valence-corrected chi connectivity index (χ2v) is 4.42. The van der Waals surface area contributed by atoms with Crippen molar-refractivity contribution >= 4 is 21.9 Å². The van der Waals surface area contributed by atoms with Gasteiger partial charge in [-0.05, 0) is 29.8 Å². The lowest BCUT2D eigenvalue weighted by Gasteiger charge is -2.25. The van der Waals surface area contributed by atoms with Gasteiger partial charge in [0.05, 0.1) is 17.8 Å².